The van der Waals surface area contributed by atoms with Gasteiger partial charge in [0.15, 0.2) is 11.6 Å². The van der Waals surface area contributed by atoms with Crippen molar-refractivity contribution in [3.63, 3.8) is 0 Å². The van der Waals surface area contributed by atoms with Gasteiger partial charge in [0, 0.05) is 6.54 Å². The summed E-state index contributed by atoms with van der Waals surface area (Å²) in [5.41, 5.74) is 1.77. The number of rotatable bonds is 4. The number of hydrogen-bond acceptors (Lipinski definition) is 3. The van der Waals surface area contributed by atoms with Crippen LogP contribution in [-0.2, 0) is 6.54 Å². The first-order chi connectivity index (χ1) is 15.8. The van der Waals surface area contributed by atoms with Crippen molar-refractivity contribution in [3.8, 4) is 22.6 Å². The van der Waals surface area contributed by atoms with E-state index in [0.29, 0.717) is 24.2 Å². The number of halogens is 4. The molecule has 1 heterocycles. The standard InChI is InChI=1S/C23H17F4NO3.C2H6/c24-20-13-17(16-6-8-18(9-7-16)31-23(25,26)27)12-19-21(20)30-11-10-28(22(19)29)14-15-4-2-1-3-5-15;1-2/h1-9,12-13H,10-11,14H2;1-2H3. The number of nitrogens with zero attached hydrogens (tertiary/aromatic N) is 1. The van der Waals surface area contributed by atoms with Gasteiger partial charge in [0.05, 0.1) is 12.1 Å². The fourth-order valence-electron chi connectivity index (χ4n) is 3.40. The van der Waals surface area contributed by atoms with E-state index in [2.05, 4.69) is 4.74 Å². The molecule has 0 bridgehead atoms. The van der Waals surface area contributed by atoms with E-state index in [9.17, 15) is 22.4 Å². The molecule has 3 aromatic rings. The molecule has 0 aliphatic carbocycles. The number of amides is 1. The summed E-state index contributed by atoms with van der Waals surface area (Å²) in [6.07, 6.45) is -4.80. The molecule has 3 aromatic carbocycles. The van der Waals surface area contributed by atoms with E-state index in [1.165, 1.54) is 24.3 Å². The van der Waals surface area contributed by atoms with Crippen molar-refractivity contribution in [2.75, 3.05) is 13.2 Å². The Kier molecular flexibility index (Phi) is 7.58. The number of hydrogen-bond donors (Lipinski definition) is 0. The summed E-state index contributed by atoms with van der Waals surface area (Å²) < 4.78 is 61.2. The first-order valence-electron chi connectivity index (χ1n) is 10.5. The zero-order valence-corrected chi connectivity index (χ0v) is 18.2. The lowest BCUT2D eigenvalue weighted by Crippen LogP contribution is -2.31. The zero-order valence-electron chi connectivity index (χ0n) is 18.2. The van der Waals surface area contributed by atoms with Crippen LogP contribution < -0.4 is 9.47 Å². The van der Waals surface area contributed by atoms with Crippen molar-refractivity contribution in [1.29, 1.82) is 0 Å². The quantitative estimate of drug-likeness (QED) is 0.419. The molecule has 4 rings (SSSR count). The van der Waals surface area contributed by atoms with Crippen molar-refractivity contribution in [2.45, 2.75) is 26.8 Å². The second-order valence-electron chi connectivity index (χ2n) is 6.97. The first-order valence-corrected chi connectivity index (χ1v) is 10.5. The van der Waals surface area contributed by atoms with Gasteiger partial charge in [-0.2, -0.15) is 0 Å². The zero-order chi connectivity index (χ0) is 24.0. The summed E-state index contributed by atoms with van der Waals surface area (Å²) in [7, 11) is 0. The Morgan fingerprint density at radius 2 is 1.64 bits per heavy atom. The number of fused-ring (bicyclic) bond motifs is 1. The van der Waals surface area contributed by atoms with Crippen LogP contribution >= 0.6 is 0 Å². The van der Waals surface area contributed by atoms with Crippen molar-refractivity contribution in [2.24, 2.45) is 0 Å². The third-order valence-corrected chi connectivity index (χ3v) is 4.81. The van der Waals surface area contributed by atoms with Gasteiger partial charge in [0.25, 0.3) is 5.91 Å². The third kappa shape index (κ3) is 6.03. The van der Waals surface area contributed by atoms with Gasteiger partial charge in [-0.05, 0) is 41.0 Å². The second-order valence-corrected chi connectivity index (χ2v) is 6.97. The van der Waals surface area contributed by atoms with E-state index in [-0.39, 0.29) is 29.6 Å². The van der Waals surface area contributed by atoms with Gasteiger partial charge < -0.3 is 14.4 Å². The van der Waals surface area contributed by atoms with Crippen LogP contribution in [0.3, 0.4) is 0 Å². The number of ether oxygens (including phenoxy) is 2. The monoisotopic (exact) mass is 461 g/mol. The Morgan fingerprint density at radius 1 is 0.970 bits per heavy atom. The molecule has 1 aliphatic heterocycles. The van der Waals surface area contributed by atoms with Crippen molar-refractivity contribution >= 4 is 5.91 Å². The molecule has 174 valence electrons. The summed E-state index contributed by atoms with van der Waals surface area (Å²) in [6, 6.07) is 17.1. The molecule has 0 N–H and O–H groups in total. The van der Waals surface area contributed by atoms with Crippen LogP contribution in [0.1, 0.15) is 29.8 Å². The van der Waals surface area contributed by atoms with Gasteiger partial charge in [0.1, 0.15) is 12.4 Å². The highest BCUT2D eigenvalue weighted by molar-refractivity contribution is 5.98. The summed E-state index contributed by atoms with van der Waals surface area (Å²) >= 11 is 0. The van der Waals surface area contributed by atoms with Crippen LogP contribution in [0.25, 0.3) is 11.1 Å². The Hall–Kier alpha value is -3.55. The van der Waals surface area contributed by atoms with E-state index in [1.54, 1.807) is 4.90 Å². The molecule has 0 unspecified atom stereocenters. The average molecular weight is 461 g/mol. The molecule has 0 aromatic heterocycles. The maximum Gasteiger partial charge on any atom is 0.573 e. The van der Waals surface area contributed by atoms with E-state index < -0.39 is 12.2 Å². The molecule has 0 spiro atoms. The molecule has 1 amide bonds. The van der Waals surface area contributed by atoms with E-state index in [0.717, 1.165) is 17.7 Å². The summed E-state index contributed by atoms with van der Waals surface area (Å²) in [6.45, 7) is 4.78. The second kappa shape index (κ2) is 10.4. The summed E-state index contributed by atoms with van der Waals surface area (Å²) in [4.78, 5) is 14.7. The lowest BCUT2D eigenvalue weighted by atomic mass is 10.0. The van der Waals surface area contributed by atoms with Crippen LogP contribution in [0.15, 0.2) is 66.7 Å². The molecular formula is C25H23F4NO3. The van der Waals surface area contributed by atoms with Crippen LogP contribution in [-0.4, -0.2) is 30.3 Å². The molecule has 0 saturated carbocycles. The Balaban J connectivity index is 0.00000149. The normalized spacial score (nSPS) is 13.3. The number of carbonyl (C=O) groups is 1. The van der Waals surface area contributed by atoms with Gasteiger partial charge in [-0.15, -0.1) is 13.2 Å². The maximum atomic E-state index is 14.8. The van der Waals surface area contributed by atoms with Crippen LogP contribution in [0.2, 0.25) is 0 Å². The SMILES string of the molecule is CC.O=C1c2cc(-c3ccc(OC(F)(F)F)cc3)cc(F)c2OCCN1Cc1ccccc1. The van der Waals surface area contributed by atoms with Crippen LogP contribution in [0.5, 0.6) is 11.5 Å². The van der Waals surface area contributed by atoms with Crippen molar-refractivity contribution in [3.05, 3.63) is 83.7 Å². The smallest absolute Gasteiger partial charge is 0.488 e. The summed E-state index contributed by atoms with van der Waals surface area (Å²) in [5.74, 6) is -1.60. The molecule has 0 radical (unpaired) electrons. The fourth-order valence-corrected chi connectivity index (χ4v) is 3.40. The predicted molar refractivity (Wildman–Crippen MR) is 117 cm³/mol. The summed E-state index contributed by atoms with van der Waals surface area (Å²) in [5, 5.41) is 0. The molecule has 4 nitrogen and oxygen atoms in total. The highest BCUT2D eigenvalue weighted by Crippen LogP contribution is 2.34. The topological polar surface area (TPSA) is 38.8 Å². The average Bonchev–Trinajstić information content (AvgIpc) is 2.95. The first kappa shape index (κ1) is 24.1. The molecule has 8 heteroatoms. The van der Waals surface area contributed by atoms with Crippen LogP contribution in [0, 0.1) is 5.82 Å². The van der Waals surface area contributed by atoms with Crippen molar-refractivity contribution in [1.82, 2.24) is 4.90 Å². The molecule has 0 fully saturated rings. The minimum Gasteiger partial charge on any atom is -0.488 e. The number of alkyl halides is 3. The molecule has 33 heavy (non-hydrogen) atoms. The lowest BCUT2D eigenvalue weighted by Gasteiger charge is -2.20. The van der Waals surface area contributed by atoms with Gasteiger partial charge in [-0.25, -0.2) is 4.39 Å². The van der Waals surface area contributed by atoms with Gasteiger partial charge >= 0.3 is 6.36 Å². The highest BCUT2D eigenvalue weighted by Gasteiger charge is 2.31. The molecule has 1 aliphatic rings. The minimum absolute atomic E-state index is 0.0686. The van der Waals surface area contributed by atoms with Crippen molar-refractivity contribution < 1.29 is 31.8 Å². The van der Waals surface area contributed by atoms with Gasteiger partial charge in [-0.3, -0.25) is 4.79 Å². The largest absolute Gasteiger partial charge is 0.573 e. The van der Waals surface area contributed by atoms with Gasteiger partial charge in [0.2, 0.25) is 0 Å². The van der Waals surface area contributed by atoms with E-state index in [1.807, 2.05) is 44.2 Å². The Bertz CT molecular complexity index is 1080. The van der Waals surface area contributed by atoms with Crippen LogP contribution in [0.4, 0.5) is 17.6 Å². The lowest BCUT2D eigenvalue weighted by molar-refractivity contribution is -0.274. The Labute approximate surface area is 189 Å². The van der Waals surface area contributed by atoms with Gasteiger partial charge in [-0.1, -0.05) is 56.3 Å². The third-order valence-electron chi connectivity index (χ3n) is 4.81. The fraction of sp³-hybridized carbons (Fsp3) is 0.240. The highest BCUT2D eigenvalue weighted by atomic mass is 19.4. The Morgan fingerprint density at radius 3 is 2.27 bits per heavy atom. The number of carbonyl (C=O) groups excluding carboxylic acids is 1. The molecule has 0 atom stereocenters. The molecular weight excluding hydrogens is 438 g/mol. The predicted octanol–water partition coefficient (Wildman–Crippen LogP) is 6.45. The maximum absolute atomic E-state index is 14.8. The minimum atomic E-state index is -4.80. The number of benzene rings is 3. The molecule has 0 saturated heterocycles. The van der Waals surface area contributed by atoms with E-state index >= 15 is 0 Å². The van der Waals surface area contributed by atoms with E-state index in [4.69, 9.17) is 4.74 Å².